The first-order chi connectivity index (χ1) is 9.62. The van der Waals surface area contributed by atoms with E-state index < -0.39 is 0 Å². The summed E-state index contributed by atoms with van der Waals surface area (Å²) in [5.41, 5.74) is 1.76. The van der Waals surface area contributed by atoms with Crippen LogP contribution < -0.4 is 5.32 Å². The SMILES string of the molecule is Clc1ccc(CNC23CC4CC(CC(C4)C2)C3)c(Br)c1. The molecule has 3 heteroatoms. The molecule has 4 aliphatic rings. The van der Waals surface area contributed by atoms with Crippen molar-refractivity contribution < 1.29 is 0 Å². The molecule has 4 bridgehead atoms. The molecule has 0 saturated heterocycles. The van der Waals surface area contributed by atoms with Gasteiger partial charge in [0.2, 0.25) is 0 Å². The molecule has 1 aromatic rings. The van der Waals surface area contributed by atoms with E-state index in [2.05, 4.69) is 27.3 Å². The molecule has 4 saturated carbocycles. The summed E-state index contributed by atoms with van der Waals surface area (Å²) in [6.07, 6.45) is 8.74. The zero-order chi connectivity index (χ0) is 13.7. The molecular weight excluding hydrogens is 334 g/mol. The molecule has 4 aliphatic carbocycles. The molecule has 0 radical (unpaired) electrons. The Balaban J connectivity index is 1.49. The molecule has 108 valence electrons. The van der Waals surface area contributed by atoms with Gasteiger partial charge in [0.1, 0.15) is 0 Å². The van der Waals surface area contributed by atoms with Crippen LogP contribution >= 0.6 is 27.5 Å². The molecule has 20 heavy (non-hydrogen) atoms. The van der Waals surface area contributed by atoms with Crippen molar-refractivity contribution >= 4 is 27.5 Å². The number of nitrogens with one attached hydrogen (secondary N) is 1. The van der Waals surface area contributed by atoms with E-state index >= 15 is 0 Å². The van der Waals surface area contributed by atoms with E-state index in [1.807, 2.05) is 12.1 Å². The second kappa shape index (κ2) is 5.00. The van der Waals surface area contributed by atoms with Gasteiger partial charge >= 0.3 is 0 Å². The summed E-state index contributed by atoms with van der Waals surface area (Å²) in [4.78, 5) is 0. The molecular formula is C17H21BrClN. The number of hydrogen-bond acceptors (Lipinski definition) is 1. The Labute approximate surface area is 134 Å². The minimum Gasteiger partial charge on any atom is -0.307 e. The molecule has 1 aromatic carbocycles. The van der Waals surface area contributed by atoms with Crippen molar-refractivity contribution in [3.05, 3.63) is 33.3 Å². The van der Waals surface area contributed by atoms with Gasteiger partial charge in [-0.05, 0) is 74.0 Å². The Morgan fingerprint density at radius 3 is 2.25 bits per heavy atom. The van der Waals surface area contributed by atoms with Crippen LogP contribution in [0.4, 0.5) is 0 Å². The summed E-state index contributed by atoms with van der Waals surface area (Å²) < 4.78 is 1.13. The van der Waals surface area contributed by atoms with Crippen molar-refractivity contribution in [2.75, 3.05) is 0 Å². The molecule has 0 amide bonds. The Hall–Kier alpha value is -0.0500. The number of rotatable bonds is 3. The highest BCUT2D eigenvalue weighted by Gasteiger charge is 2.50. The van der Waals surface area contributed by atoms with E-state index in [1.54, 1.807) is 0 Å². The predicted octanol–water partition coefficient (Wildman–Crippen LogP) is 5.16. The predicted molar refractivity (Wildman–Crippen MR) is 86.9 cm³/mol. The molecule has 0 aromatic heterocycles. The van der Waals surface area contributed by atoms with Gasteiger partial charge in [0.05, 0.1) is 0 Å². The number of benzene rings is 1. The minimum atomic E-state index is 0.438. The van der Waals surface area contributed by atoms with Crippen LogP contribution in [0.25, 0.3) is 0 Å². The first-order valence-electron chi connectivity index (χ1n) is 7.81. The molecule has 0 aliphatic heterocycles. The van der Waals surface area contributed by atoms with E-state index in [0.29, 0.717) is 5.54 Å². The average molecular weight is 355 g/mol. The van der Waals surface area contributed by atoms with Gasteiger partial charge in [-0.15, -0.1) is 0 Å². The smallest absolute Gasteiger partial charge is 0.0417 e. The molecule has 1 nitrogen and oxygen atoms in total. The monoisotopic (exact) mass is 353 g/mol. The van der Waals surface area contributed by atoms with E-state index in [-0.39, 0.29) is 0 Å². The maximum absolute atomic E-state index is 6.02. The highest BCUT2D eigenvalue weighted by molar-refractivity contribution is 9.10. The van der Waals surface area contributed by atoms with Crippen LogP contribution in [-0.2, 0) is 6.54 Å². The highest BCUT2D eigenvalue weighted by Crippen LogP contribution is 2.55. The van der Waals surface area contributed by atoms with Gasteiger partial charge in [-0.3, -0.25) is 0 Å². The van der Waals surface area contributed by atoms with Crippen LogP contribution in [0.3, 0.4) is 0 Å². The van der Waals surface area contributed by atoms with Gasteiger partial charge < -0.3 is 5.32 Å². The summed E-state index contributed by atoms with van der Waals surface area (Å²) in [5.74, 6) is 3.01. The van der Waals surface area contributed by atoms with Crippen LogP contribution in [0.2, 0.25) is 5.02 Å². The fourth-order valence-electron chi connectivity index (χ4n) is 5.27. The Morgan fingerprint density at radius 1 is 1.10 bits per heavy atom. The maximum atomic E-state index is 6.02. The van der Waals surface area contributed by atoms with E-state index in [1.165, 1.54) is 44.1 Å². The number of hydrogen-bond donors (Lipinski definition) is 1. The van der Waals surface area contributed by atoms with Crippen LogP contribution in [0.1, 0.15) is 44.1 Å². The summed E-state index contributed by atoms with van der Waals surface area (Å²) in [7, 11) is 0. The van der Waals surface area contributed by atoms with Gasteiger partial charge in [-0.25, -0.2) is 0 Å². The first kappa shape index (κ1) is 13.6. The Morgan fingerprint density at radius 2 is 1.70 bits per heavy atom. The fraction of sp³-hybridized carbons (Fsp3) is 0.647. The molecule has 0 heterocycles. The molecule has 4 fully saturated rings. The van der Waals surface area contributed by atoms with E-state index in [9.17, 15) is 0 Å². The molecule has 5 rings (SSSR count). The van der Waals surface area contributed by atoms with Crippen molar-refractivity contribution in [1.29, 1.82) is 0 Å². The van der Waals surface area contributed by atoms with E-state index in [0.717, 1.165) is 33.8 Å². The summed E-state index contributed by atoms with van der Waals surface area (Å²) in [6.45, 7) is 0.962. The molecule has 1 N–H and O–H groups in total. The third-order valence-electron chi connectivity index (χ3n) is 5.71. The fourth-order valence-corrected chi connectivity index (χ4v) is 6.10. The highest BCUT2D eigenvalue weighted by atomic mass is 79.9. The quantitative estimate of drug-likeness (QED) is 0.790. The third-order valence-corrected chi connectivity index (χ3v) is 6.68. The second-order valence-corrected chi connectivity index (χ2v) is 8.58. The average Bonchev–Trinajstić information content (AvgIpc) is 2.36. The molecule has 0 atom stereocenters. The van der Waals surface area contributed by atoms with Crippen molar-refractivity contribution in [2.24, 2.45) is 17.8 Å². The van der Waals surface area contributed by atoms with Crippen LogP contribution in [-0.4, -0.2) is 5.54 Å². The van der Waals surface area contributed by atoms with Gasteiger partial charge in [0.15, 0.2) is 0 Å². The second-order valence-electron chi connectivity index (χ2n) is 7.29. The lowest BCUT2D eigenvalue weighted by Gasteiger charge is -2.57. The largest absolute Gasteiger partial charge is 0.307 e. The van der Waals surface area contributed by atoms with Crippen LogP contribution in [0.15, 0.2) is 22.7 Å². The molecule has 0 unspecified atom stereocenters. The maximum Gasteiger partial charge on any atom is 0.0417 e. The first-order valence-corrected chi connectivity index (χ1v) is 8.98. The standard InChI is InChI=1S/C17H21BrClN/c18-16-6-15(19)2-1-14(16)10-20-17-7-11-3-12(8-17)5-13(4-11)9-17/h1-2,6,11-13,20H,3-5,7-10H2. The lowest BCUT2D eigenvalue weighted by Crippen LogP contribution is -2.58. The van der Waals surface area contributed by atoms with Crippen LogP contribution in [0.5, 0.6) is 0 Å². The van der Waals surface area contributed by atoms with Crippen LogP contribution in [0, 0.1) is 17.8 Å². The molecule has 0 spiro atoms. The normalized spacial score (nSPS) is 38.4. The minimum absolute atomic E-state index is 0.438. The van der Waals surface area contributed by atoms with Gasteiger partial charge in [-0.1, -0.05) is 33.6 Å². The topological polar surface area (TPSA) is 12.0 Å². The Bertz CT molecular complexity index is 492. The van der Waals surface area contributed by atoms with Gasteiger partial charge in [-0.2, -0.15) is 0 Å². The van der Waals surface area contributed by atoms with Crippen molar-refractivity contribution in [3.8, 4) is 0 Å². The van der Waals surface area contributed by atoms with Crippen molar-refractivity contribution in [2.45, 2.75) is 50.6 Å². The van der Waals surface area contributed by atoms with Crippen molar-refractivity contribution in [3.63, 3.8) is 0 Å². The zero-order valence-electron chi connectivity index (χ0n) is 11.7. The number of halogens is 2. The van der Waals surface area contributed by atoms with Crippen molar-refractivity contribution in [1.82, 2.24) is 5.32 Å². The third kappa shape index (κ3) is 2.44. The Kier molecular flexibility index (Phi) is 3.40. The summed E-state index contributed by atoms with van der Waals surface area (Å²) >= 11 is 9.66. The van der Waals surface area contributed by atoms with Gasteiger partial charge in [0.25, 0.3) is 0 Å². The summed E-state index contributed by atoms with van der Waals surface area (Å²) in [5, 5.41) is 4.73. The lowest BCUT2D eigenvalue weighted by atomic mass is 9.53. The van der Waals surface area contributed by atoms with E-state index in [4.69, 9.17) is 11.6 Å². The lowest BCUT2D eigenvalue weighted by molar-refractivity contribution is -0.0206. The summed E-state index contributed by atoms with van der Waals surface area (Å²) in [6, 6.07) is 6.13. The van der Waals surface area contributed by atoms with Gasteiger partial charge in [0, 0.05) is 21.6 Å². The zero-order valence-corrected chi connectivity index (χ0v) is 14.0.